The van der Waals surface area contributed by atoms with Gasteiger partial charge in [-0.1, -0.05) is 18.2 Å². The lowest BCUT2D eigenvalue weighted by Crippen LogP contribution is -2.21. The molecule has 124 valence electrons. The van der Waals surface area contributed by atoms with Crippen molar-refractivity contribution in [2.45, 2.75) is 27.3 Å². The highest BCUT2D eigenvalue weighted by molar-refractivity contribution is 6.08. The van der Waals surface area contributed by atoms with Crippen molar-refractivity contribution < 1.29 is 18.9 Å². The fraction of sp³-hybridized carbons (Fsp3) is 0.316. The van der Waals surface area contributed by atoms with Crippen molar-refractivity contribution in [3.8, 4) is 0 Å². The van der Waals surface area contributed by atoms with Gasteiger partial charge in [0, 0.05) is 12.5 Å². The Kier molecular flexibility index (Phi) is 4.09. The molecule has 0 N–H and O–H groups in total. The van der Waals surface area contributed by atoms with Gasteiger partial charge in [0.1, 0.15) is 12.1 Å². The number of esters is 1. The zero-order chi connectivity index (χ0) is 17.4. The monoisotopic (exact) mass is 325 g/mol. The van der Waals surface area contributed by atoms with Crippen LogP contribution >= 0.6 is 0 Å². The van der Waals surface area contributed by atoms with Crippen LogP contribution in [0.1, 0.15) is 51.5 Å². The number of carbonyl (C=O) groups is 2. The molecule has 0 fully saturated rings. The Labute approximate surface area is 141 Å². The first-order valence-electron chi connectivity index (χ1n) is 8.03. The summed E-state index contributed by atoms with van der Waals surface area (Å²) in [5, 5.41) is 0. The SMILES string of the molecule is CCOC(=O)c1c(C)c(C(C)=O)n2c1C[N+](C)=C2c1ccccc1. The summed E-state index contributed by atoms with van der Waals surface area (Å²) in [5.41, 5.74) is 3.58. The highest BCUT2D eigenvalue weighted by Crippen LogP contribution is 2.29. The number of carbonyl (C=O) groups excluding carboxylic acids is 2. The highest BCUT2D eigenvalue weighted by atomic mass is 16.5. The maximum Gasteiger partial charge on any atom is 0.342 e. The minimum absolute atomic E-state index is 0.0620. The van der Waals surface area contributed by atoms with Crippen molar-refractivity contribution in [2.24, 2.45) is 0 Å². The van der Waals surface area contributed by atoms with E-state index < -0.39 is 0 Å². The van der Waals surface area contributed by atoms with Crippen LogP contribution in [-0.4, -0.2) is 40.4 Å². The van der Waals surface area contributed by atoms with Gasteiger partial charge in [0.2, 0.25) is 0 Å². The second kappa shape index (κ2) is 6.07. The third-order valence-electron chi connectivity index (χ3n) is 4.32. The molecule has 0 amide bonds. The number of aromatic nitrogens is 1. The molecule has 0 radical (unpaired) electrons. The second-order valence-corrected chi connectivity index (χ2v) is 5.95. The lowest BCUT2D eigenvalue weighted by atomic mass is 10.1. The maximum absolute atomic E-state index is 12.4. The van der Waals surface area contributed by atoms with Crippen LogP contribution in [0.2, 0.25) is 0 Å². The van der Waals surface area contributed by atoms with E-state index in [4.69, 9.17) is 4.74 Å². The van der Waals surface area contributed by atoms with Gasteiger partial charge in [0.05, 0.1) is 19.2 Å². The summed E-state index contributed by atoms with van der Waals surface area (Å²) >= 11 is 0. The molecular formula is C19H21N2O3+. The van der Waals surface area contributed by atoms with Crippen LogP contribution in [0.4, 0.5) is 0 Å². The Morgan fingerprint density at radius 1 is 1.25 bits per heavy atom. The van der Waals surface area contributed by atoms with Crippen LogP contribution in [-0.2, 0) is 11.3 Å². The number of fused-ring (bicyclic) bond motifs is 1. The van der Waals surface area contributed by atoms with Crippen molar-refractivity contribution in [2.75, 3.05) is 13.7 Å². The first-order valence-corrected chi connectivity index (χ1v) is 8.03. The molecule has 0 saturated heterocycles. The predicted octanol–water partition coefficient (Wildman–Crippen LogP) is 2.63. The van der Waals surface area contributed by atoms with E-state index in [-0.39, 0.29) is 11.8 Å². The number of ketones is 1. The minimum atomic E-state index is -0.367. The van der Waals surface area contributed by atoms with Gasteiger partial charge in [-0.15, -0.1) is 0 Å². The molecule has 0 bridgehead atoms. The van der Waals surface area contributed by atoms with Crippen LogP contribution < -0.4 is 0 Å². The van der Waals surface area contributed by atoms with Crippen LogP contribution in [0, 0.1) is 6.92 Å². The Bertz CT molecular complexity index is 860. The molecule has 0 atom stereocenters. The molecule has 3 rings (SSSR count). The summed E-state index contributed by atoms with van der Waals surface area (Å²) < 4.78 is 9.18. The Hall–Kier alpha value is -2.69. The molecule has 2 heterocycles. The number of nitrogens with zero attached hydrogens (tertiary/aromatic N) is 2. The molecule has 5 nitrogen and oxygen atoms in total. The zero-order valence-corrected chi connectivity index (χ0v) is 14.4. The van der Waals surface area contributed by atoms with E-state index in [0.717, 1.165) is 17.1 Å². The largest absolute Gasteiger partial charge is 0.462 e. The van der Waals surface area contributed by atoms with E-state index in [1.807, 2.05) is 48.9 Å². The Balaban J connectivity index is 2.27. The molecule has 1 aliphatic heterocycles. The van der Waals surface area contributed by atoms with Crippen LogP contribution in [0.5, 0.6) is 0 Å². The lowest BCUT2D eigenvalue weighted by molar-refractivity contribution is -0.508. The quantitative estimate of drug-likeness (QED) is 0.493. The number of rotatable bonds is 4. The van der Waals surface area contributed by atoms with Gasteiger partial charge in [-0.25, -0.2) is 4.79 Å². The molecule has 2 aromatic rings. The van der Waals surface area contributed by atoms with E-state index in [1.165, 1.54) is 6.92 Å². The average molecular weight is 325 g/mol. The summed E-state index contributed by atoms with van der Waals surface area (Å²) in [6, 6.07) is 9.89. The van der Waals surface area contributed by atoms with Crippen LogP contribution in [0.3, 0.4) is 0 Å². The Morgan fingerprint density at radius 3 is 2.50 bits per heavy atom. The van der Waals surface area contributed by atoms with Crippen molar-refractivity contribution in [1.29, 1.82) is 0 Å². The molecule has 0 saturated carbocycles. The first-order chi connectivity index (χ1) is 11.5. The molecule has 1 aliphatic rings. The summed E-state index contributed by atoms with van der Waals surface area (Å²) in [4.78, 5) is 24.7. The van der Waals surface area contributed by atoms with E-state index in [9.17, 15) is 9.59 Å². The smallest absolute Gasteiger partial charge is 0.342 e. The minimum Gasteiger partial charge on any atom is -0.462 e. The second-order valence-electron chi connectivity index (χ2n) is 5.95. The highest BCUT2D eigenvalue weighted by Gasteiger charge is 2.40. The van der Waals surface area contributed by atoms with Gasteiger partial charge in [-0.3, -0.25) is 9.37 Å². The van der Waals surface area contributed by atoms with Crippen molar-refractivity contribution in [3.05, 3.63) is 58.4 Å². The normalized spacial score (nSPS) is 13.2. The van der Waals surface area contributed by atoms with E-state index in [0.29, 0.717) is 30.0 Å². The molecular weight excluding hydrogens is 304 g/mol. The molecule has 1 aromatic heterocycles. The summed E-state index contributed by atoms with van der Waals surface area (Å²) in [7, 11) is 1.96. The van der Waals surface area contributed by atoms with Gasteiger partial charge in [-0.2, -0.15) is 4.57 Å². The van der Waals surface area contributed by atoms with E-state index in [2.05, 4.69) is 4.58 Å². The van der Waals surface area contributed by atoms with Gasteiger partial charge in [0.15, 0.2) is 17.2 Å². The van der Waals surface area contributed by atoms with Gasteiger partial charge in [-0.05, 0) is 26.0 Å². The summed E-state index contributed by atoms with van der Waals surface area (Å²) in [5.74, 6) is 0.483. The summed E-state index contributed by atoms with van der Waals surface area (Å²) in [6.07, 6.45) is 0. The average Bonchev–Trinajstić information content (AvgIpc) is 2.99. The Morgan fingerprint density at radius 2 is 1.92 bits per heavy atom. The fourth-order valence-electron chi connectivity index (χ4n) is 3.44. The summed E-state index contributed by atoms with van der Waals surface area (Å²) in [6.45, 7) is 6.00. The molecule has 24 heavy (non-hydrogen) atoms. The van der Waals surface area contributed by atoms with E-state index in [1.54, 1.807) is 6.92 Å². The number of Topliss-reactive ketones (excluding diaryl/α,β-unsaturated/α-hetero) is 1. The standard InChI is InChI=1S/C19H21N2O3/c1-5-24-19(23)16-12(2)17(13(3)22)21-15(16)11-20(4)18(21)14-9-7-6-8-10-14/h6-10H,5,11H2,1-4H3/q+1. The van der Waals surface area contributed by atoms with Crippen LogP contribution in [0.15, 0.2) is 30.3 Å². The van der Waals surface area contributed by atoms with E-state index >= 15 is 0 Å². The molecule has 5 heteroatoms. The first kappa shape index (κ1) is 16.2. The third kappa shape index (κ3) is 2.37. The van der Waals surface area contributed by atoms with Crippen LogP contribution in [0.25, 0.3) is 0 Å². The topological polar surface area (TPSA) is 51.3 Å². The zero-order valence-electron chi connectivity index (χ0n) is 14.4. The van der Waals surface area contributed by atoms with Gasteiger partial charge < -0.3 is 4.74 Å². The lowest BCUT2D eigenvalue weighted by Gasteiger charge is -2.04. The van der Waals surface area contributed by atoms with Crippen molar-refractivity contribution in [3.63, 3.8) is 0 Å². The number of hydrogen-bond donors (Lipinski definition) is 0. The molecule has 0 unspecified atom stereocenters. The van der Waals surface area contributed by atoms with Gasteiger partial charge >= 0.3 is 5.97 Å². The number of ether oxygens (including phenoxy) is 1. The fourth-order valence-corrected chi connectivity index (χ4v) is 3.44. The molecule has 0 aliphatic carbocycles. The third-order valence-corrected chi connectivity index (χ3v) is 4.32. The number of benzene rings is 1. The van der Waals surface area contributed by atoms with Gasteiger partial charge in [0.25, 0.3) is 5.84 Å². The number of hydrogen-bond acceptors (Lipinski definition) is 3. The van der Waals surface area contributed by atoms with Crippen molar-refractivity contribution in [1.82, 2.24) is 4.57 Å². The van der Waals surface area contributed by atoms with Crippen molar-refractivity contribution >= 4 is 17.6 Å². The molecule has 0 spiro atoms. The maximum atomic E-state index is 12.4. The predicted molar refractivity (Wildman–Crippen MR) is 91.0 cm³/mol. The molecule has 1 aromatic carbocycles.